The molecule has 0 saturated heterocycles. The molecule has 0 aliphatic heterocycles. The van der Waals surface area contributed by atoms with Gasteiger partial charge in [0, 0.05) is 0 Å². The van der Waals surface area contributed by atoms with Crippen molar-refractivity contribution in [3.05, 3.63) is 61.4 Å². The molecule has 0 aromatic heterocycles. The van der Waals surface area contributed by atoms with Crippen LogP contribution in [0.2, 0.25) is 50.2 Å². The molecule has 0 heterocycles. The quantitative estimate of drug-likeness (QED) is 0.175. The predicted molar refractivity (Wildman–Crippen MR) is 120 cm³/mol. The number of halogens is 10. The third kappa shape index (κ3) is 4.43. The zero-order valence-electron chi connectivity index (χ0n) is 12.4. The van der Waals surface area contributed by atoms with Crippen molar-refractivity contribution in [2.45, 2.75) is 16.7 Å². The van der Waals surface area contributed by atoms with E-state index in [9.17, 15) is 0 Å². The second-order valence-corrected chi connectivity index (χ2v) is 12.0. The predicted octanol–water partition coefficient (Wildman–Crippen LogP) is 9.85. The summed E-state index contributed by atoms with van der Waals surface area (Å²) in [6, 6.07) is 0. The van der Waals surface area contributed by atoms with Gasteiger partial charge in [0.15, 0.2) is 0 Å². The Hall–Kier alpha value is 2.16. The maximum absolute atomic E-state index is 6.40. The first-order valence-corrected chi connectivity index (χ1v) is 11.6. The van der Waals surface area contributed by atoms with Gasteiger partial charge in [-0.15, -0.1) is 0 Å². The van der Waals surface area contributed by atoms with Gasteiger partial charge in [-0.05, 0) is 0 Å². The molecule has 0 spiro atoms. The third-order valence-corrected chi connectivity index (χ3v) is 9.29. The first-order valence-electron chi connectivity index (χ1n) is 6.57. The van der Waals surface area contributed by atoms with Crippen LogP contribution in [0.3, 0.4) is 0 Å². The Labute approximate surface area is 214 Å². The Morgan fingerprint density at radius 1 is 0.538 bits per heavy atom. The summed E-state index contributed by atoms with van der Waals surface area (Å²) >= 11 is 63.7. The average molecular weight is 661 g/mol. The van der Waals surface area contributed by atoms with Gasteiger partial charge in [0.25, 0.3) is 0 Å². The Kier molecular flexibility index (Phi) is 8.56. The molecule has 0 N–H and O–H groups in total. The molecule has 11 heteroatoms. The van der Waals surface area contributed by atoms with Gasteiger partial charge in [-0.2, -0.15) is 0 Å². The topological polar surface area (TPSA) is 0 Å². The van der Waals surface area contributed by atoms with E-state index >= 15 is 0 Å². The molecule has 26 heavy (non-hydrogen) atoms. The summed E-state index contributed by atoms with van der Waals surface area (Å²) < 4.78 is -0.659. The van der Waals surface area contributed by atoms with E-state index in [0.717, 1.165) is 0 Å². The van der Waals surface area contributed by atoms with Crippen molar-refractivity contribution in [2.75, 3.05) is 0 Å². The molecular formula is C15H5Cl10Sb. The molecule has 0 amide bonds. The molecule has 0 aliphatic carbocycles. The van der Waals surface area contributed by atoms with Crippen molar-refractivity contribution in [3.63, 3.8) is 0 Å². The van der Waals surface area contributed by atoms with Crippen molar-refractivity contribution in [2.24, 2.45) is 0 Å². The monoisotopic (exact) mass is 656 g/mol. The number of hydrogen-bond acceptors (Lipinski definition) is 0. The Balaban J connectivity index is 2.70. The Morgan fingerprint density at radius 3 is 1.15 bits per heavy atom. The van der Waals surface area contributed by atoms with E-state index in [4.69, 9.17) is 116 Å². The molecular weight excluding hydrogens is 656 g/mol. The summed E-state index contributed by atoms with van der Waals surface area (Å²) in [4.78, 5) is 0. The van der Waals surface area contributed by atoms with Crippen molar-refractivity contribution in [3.8, 4) is 0 Å². The average Bonchev–Trinajstić information content (AvgIpc) is 2.58. The summed E-state index contributed by atoms with van der Waals surface area (Å²) in [5.74, 6) is 0. The SMILES string of the molecule is C[C]([Sb])(Cc1c(Cl)c(Cl)c(Cl)c(Cl)c1Cl)c1c(Cl)c(Cl)c(Cl)c(Cl)c1Cl. The van der Waals surface area contributed by atoms with E-state index in [-0.39, 0.29) is 50.2 Å². The van der Waals surface area contributed by atoms with Crippen LogP contribution in [-0.2, 0) is 9.78 Å². The van der Waals surface area contributed by atoms with E-state index in [0.29, 0.717) is 17.5 Å². The van der Waals surface area contributed by atoms with Crippen LogP contribution in [0.4, 0.5) is 0 Å². The molecule has 0 fully saturated rings. The van der Waals surface area contributed by atoms with Crippen molar-refractivity contribution in [1.82, 2.24) is 0 Å². The van der Waals surface area contributed by atoms with Crippen LogP contribution >= 0.6 is 116 Å². The molecule has 0 bridgehead atoms. The van der Waals surface area contributed by atoms with Crippen molar-refractivity contribution < 1.29 is 0 Å². The van der Waals surface area contributed by atoms with Crippen molar-refractivity contribution >= 4 is 139 Å². The van der Waals surface area contributed by atoms with Crippen LogP contribution in [0, 0.1) is 0 Å². The summed E-state index contributed by atoms with van der Waals surface area (Å²) in [6.07, 6.45) is 0.295. The molecule has 2 aromatic carbocycles. The normalized spacial score (nSPS) is 13.8. The van der Waals surface area contributed by atoms with Crippen LogP contribution in [-0.4, -0.2) is 23.0 Å². The first kappa shape index (κ1) is 24.4. The fourth-order valence-electron chi connectivity index (χ4n) is 2.32. The van der Waals surface area contributed by atoms with Gasteiger partial charge in [0.1, 0.15) is 0 Å². The van der Waals surface area contributed by atoms with Crippen LogP contribution in [0.5, 0.6) is 0 Å². The van der Waals surface area contributed by atoms with Gasteiger partial charge in [-0.1, -0.05) is 0 Å². The maximum atomic E-state index is 6.40. The van der Waals surface area contributed by atoms with Crippen LogP contribution < -0.4 is 0 Å². The molecule has 2 radical (unpaired) electrons. The summed E-state index contributed by atoms with van der Waals surface area (Å²) in [7, 11) is 0. The van der Waals surface area contributed by atoms with Crippen LogP contribution in [0.1, 0.15) is 18.1 Å². The Bertz CT molecular complexity index is 848. The molecule has 0 aliphatic rings. The second-order valence-electron chi connectivity index (χ2n) is 5.44. The minimum atomic E-state index is -0.659. The molecule has 2 aromatic rings. The fourth-order valence-corrected chi connectivity index (χ4v) is 6.67. The molecule has 0 saturated carbocycles. The van der Waals surface area contributed by atoms with Gasteiger partial charge in [0.05, 0.1) is 0 Å². The van der Waals surface area contributed by atoms with Crippen LogP contribution in [0.15, 0.2) is 0 Å². The van der Waals surface area contributed by atoms with Gasteiger partial charge >= 0.3 is 217 Å². The number of rotatable bonds is 3. The molecule has 0 nitrogen and oxygen atoms in total. The summed E-state index contributed by atoms with van der Waals surface area (Å²) in [5, 5.41) is 1.43. The van der Waals surface area contributed by atoms with Gasteiger partial charge in [-0.25, -0.2) is 0 Å². The standard InChI is InChI=1S/C15H5Cl10.Sb/c1-3(5-8(18)12(22)15(25)13(23)9(5)19)2-4-6(16)10(20)14(24)11(21)7(4)17;/h2H2,1H3;. The third-order valence-electron chi connectivity index (χ3n) is 3.57. The van der Waals surface area contributed by atoms with Gasteiger partial charge in [0.2, 0.25) is 0 Å². The molecule has 2 rings (SSSR count). The zero-order chi connectivity index (χ0) is 20.1. The number of benzene rings is 2. The van der Waals surface area contributed by atoms with Gasteiger partial charge in [-0.3, -0.25) is 0 Å². The fraction of sp³-hybridized carbons (Fsp3) is 0.200. The van der Waals surface area contributed by atoms with E-state index in [1.54, 1.807) is 0 Å². The van der Waals surface area contributed by atoms with Crippen molar-refractivity contribution in [1.29, 1.82) is 0 Å². The number of hydrogen-bond donors (Lipinski definition) is 0. The Morgan fingerprint density at radius 2 is 0.808 bits per heavy atom. The van der Waals surface area contributed by atoms with E-state index in [2.05, 4.69) is 0 Å². The minimum absolute atomic E-state index is 0.0857. The zero-order valence-corrected chi connectivity index (χ0v) is 22.5. The van der Waals surface area contributed by atoms with E-state index in [1.807, 2.05) is 6.92 Å². The summed E-state index contributed by atoms with van der Waals surface area (Å²) in [6.45, 7) is 1.89. The molecule has 1 unspecified atom stereocenters. The van der Waals surface area contributed by atoms with Crippen LogP contribution in [0.25, 0.3) is 0 Å². The molecule has 1 atom stereocenters. The van der Waals surface area contributed by atoms with E-state index in [1.165, 1.54) is 23.0 Å². The van der Waals surface area contributed by atoms with Gasteiger partial charge < -0.3 is 0 Å². The molecule has 140 valence electrons. The second kappa shape index (κ2) is 9.11. The summed E-state index contributed by atoms with van der Waals surface area (Å²) in [5.41, 5.74) is 1.02. The van der Waals surface area contributed by atoms with E-state index < -0.39 is 3.36 Å². The first-order chi connectivity index (χ1) is 11.8.